The lowest BCUT2D eigenvalue weighted by molar-refractivity contribution is -0.150. The van der Waals surface area contributed by atoms with E-state index in [0.717, 1.165) is 25.7 Å². The number of unbranched alkanes of at least 4 members (excludes halogenated alkanes) is 5. The van der Waals surface area contributed by atoms with Crippen molar-refractivity contribution in [3.63, 3.8) is 0 Å². The Labute approximate surface area is 108 Å². The molecule has 0 aliphatic carbocycles. The first-order valence-electron chi connectivity index (χ1n) is 6.60. The molecule has 0 amide bonds. The van der Waals surface area contributed by atoms with Crippen molar-refractivity contribution in [3.8, 4) is 0 Å². The van der Waals surface area contributed by atoms with Crippen LogP contribution in [0.3, 0.4) is 0 Å². The summed E-state index contributed by atoms with van der Waals surface area (Å²) < 4.78 is 0. The van der Waals surface area contributed by atoms with Gasteiger partial charge in [-0.3, -0.25) is 9.59 Å². The molecule has 18 heavy (non-hydrogen) atoms. The Morgan fingerprint density at radius 1 is 1.06 bits per heavy atom. The second-order valence-electron chi connectivity index (χ2n) is 4.55. The van der Waals surface area contributed by atoms with Crippen molar-refractivity contribution in [2.75, 3.05) is 6.61 Å². The highest BCUT2D eigenvalue weighted by Crippen LogP contribution is 2.15. The van der Waals surface area contributed by atoms with Gasteiger partial charge in [0.15, 0.2) is 5.78 Å². The van der Waals surface area contributed by atoms with E-state index in [1.54, 1.807) is 0 Å². The van der Waals surface area contributed by atoms with Gasteiger partial charge in [-0.15, -0.1) is 0 Å². The second-order valence-corrected chi connectivity index (χ2v) is 4.55. The average molecular weight is 260 g/mol. The van der Waals surface area contributed by atoms with E-state index in [4.69, 9.17) is 15.3 Å². The molecule has 0 aliphatic rings. The molecule has 5 heteroatoms. The van der Waals surface area contributed by atoms with Crippen LogP contribution in [0, 0.1) is 5.92 Å². The second kappa shape index (κ2) is 10.0. The number of carboxylic acid groups (broad SMARTS) is 1. The zero-order chi connectivity index (χ0) is 14.0. The highest BCUT2D eigenvalue weighted by Gasteiger charge is 2.30. The van der Waals surface area contributed by atoms with Gasteiger partial charge < -0.3 is 15.3 Å². The molecule has 0 bridgehead atoms. The predicted molar refractivity (Wildman–Crippen MR) is 67.2 cm³/mol. The molecule has 2 unspecified atom stereocenters. The van der Waals surface area contributed by atoms with Crippen LogP contribution < -0.4 is 0 Å². The first-order chi connectivity index (χ1) is 8.54. The molecule has 3 N–H and O–H groups in total. The SMILES string of the molecule is CCCCCCCCC(C(=O)O)C(=O)C(O)CO. The molecular formula is C13H24O5. The minimum absolute atomic E-state index is 0.233. The van der Waals surface area contributed by atoms with Gasteiger partial charge in [0.05, 0.1) is 6.61 Å². The van der Waals surface area contributed by atoms with Gasteiger partial charge in [-0.1, -0.05) is 45.4 Å². The fraction of sp³-hybridized carbons (Fsp3) is 0.846. The summed E-state index contributed by atoms with van der Waals surface area (Å²) in [4.78, 5) is 22.4. The Balaban J connectivity index is 3.99. The topological polar surface area (TPSA) is 94.8 Å². The van der Waals surface area contributed by atoms with Crippen LogP contribution in [0.25, 0.3) is 0 Å². The third kappa shape index (κ3) is 6.71. The highest BCUT2D eigenvalue weighted by molar-refractivity contribution is 6.00. The molecule has 0 fully saturated rings. The number of carbonyl (C=O) groups is 2. The quantitative estimate of drug-likeness (QED) is 0.385. The summed E-state index contributed by atoms with van der Waals surface area (Å²) in [6.07, 6.45) is 4.70. The Kier molecular flexibility index (Phi) is 9.50. The Hall–Kier alpha value is -0.940. The molecule has 0 heterocycles. The van der Waals surface area contributed by atoms with E-state index in [2.05, 4.69) is 6.92 Å². The van der Waals surface area contributed by atoms with Crippen LogP contribution in [-0.4, -0.2) is 39.8 Å². The maximum Gasteiger partial charge on any atom is 0.314 e. The summed E-state index contributed by atoms with van der Waals surface area (Å²) in [6, 6.07) is 0. The molecule has 106 valence electrons. The zero-order valence-corrected chi connectivity index (χ0v) is 11.0. The molecular weight excluding hydrogens is 236 g/mol. The maximum absolute atomic E-state index is 11.5. The van der Waals surface area contributed by atoms with Crippen molar-refractivity contribution < 1.29 is 24.9 Å². The predicted octanol–water partition coefficient (Wildman–Crippen LogP) is 1.36. The van der Waals surface area contributed by atoms with E-state index in [1.807, 2.05) is 0 Å². The summed E-state index contributed by atoms with van der Waals surface area (Å²) in [5.41, 5.74) is 0. The monoisotopic (exact) mass is 260 g/mol. The fourth-order valence-electron chi connectivity index (χ4n) is 1.84. The van der Waals surface area contributed by atoms with Gasteiger partial charge in [0.2, 0.25) is 0 Å². The van der Waals surface area contributed by atoms with Gasteiger partial charge >= 0.3 is 5.97 Å². The first-order valence-corrected chi connectivity index (χ1v) is 6.60. The van der Waals surface area contributed by atoms with Crippen molar-refractivity contribution in [2.45, 2.75) is 58.0 Å². The molecule has 2 atom stereocenters. The van der Waals surface area contributed by atoms with Gasteiger partial charge in [-0.25, -0.2) is 0 Å². The third-order valence-electron chi connectivity index (χ3n) is 2.99. The van der Waals surface area contributed by atoms with Crippen LogP contribution in [-0.2, 0) is 9.59 Å². The van der Waals surface area contributed by atoms with Crippen molar-refractivity contribution >= 4 is 11.8 Å². The number of rotatable bonds is 11. The number of ketones is 1. The summed E-state index contributed by atoms with van der Waals surface area (Å²) >= 11 is 0. The van der Waals surface area contributed by atoms with Crippen LogP contribution in [0.2, 0.25) is 0 Å². The molecule has 0 aliphatic heterocycles. The number of Topliss-reactive ketones (excluding diaryl/α,β-unsaturated/α-hetero) is 1. The highest BCUT2D eigenvalue weighted by atomic mass is 16.4. The Morgan fingerprint density at radius 2 is 1.61 bits per heavy atom. The normalized spacial score (nSPS) is 14.2. The molecule has 0 spiro atoms. The van der Waals surface area contributed by atoms with Gasteiger partial charge in [0, 0.05) is 0 Å². The van der Waals surface area contributed by atoms with Crippen LogP contribution in [0.15, 0.2) is 0 Å². The maximum atomic E-state index is 11.5. The van der Waals surface area contributed by atoms with Crippen molar-refractivity contribution in [3.05, 3.63) is 0 Å². The van der Waals surface area contributed by atoms with E-state index in [-0.39, 0.29) is 6.42 Å². The number of aliphatic carboxylic acids is 1. The lowest BCUT2D eigenvalue weighted by Gasteiger charge is -2.14. The molecule has 0 rings (SSSR count). The number of aliphatic hydroxyl groups is 2. The summed E-state index contributed by atoms with van der Waals surface area (Å²) in [6.45, 7) is 1.40. The molecule has 0 aromatic rings. The molecule has 0 aromatic heterocycles. The number of hydrogen-bond acceptors (Lipinski definition) is 4. The van der Waals surface area contributed by atoms with Crippen LogP contribution in [0.4, 0.5) is 0 Å². The van der Waals surface area contributed by atoms with Crippen LogP contribution in [0.5, 0.6) is 0 Å². The van der Waals surface area contributed by atoms with Gasteiger partial charge in [0.1, 0.15) is 12.0 Å². The standard InChI is InChI=1S/C13H24O5/c1-2-3-4-5-6-7-8-10(13(17)18)12(16)11(15)9-14/h10-11,14-15H,2-9H2,1H3,(H,17,18). The molecule has 5 nitrogen and oxygen atoms in total. The summed E-state index contributed by atoms with van der Waals surface area (Å²) in [5, 5.41) is 26.7. The average Bonchev–Trinajstić information content (AvgIpc) is 2.35. The lowest BCUT2D eigenvalue weighted by Crippen LogP contribution is -2.35. The minimum Gasteiger partial charge on any atom is -0.481 e. The van der Waals surface area contributed by atoms with Crippen molar-refractivity contribution in [1.29, 1.82) is 0 Å². The van der Waals surface area contributed by atoms with E-state index < -0.39 is 30.4 Å². The smallest absolute Gasteiger partial charge is 0.314 e. The minimum atomic E-state index is -1.58. The van der Waals surface area contributed by atoms with E-state index in [1.165, 1.54) is 6.42 Å². The lowest BCUT2D eigenvalue weighted by atomic mass is 9.93. The molecule has 0 saturated carbocycles. The van der Waals surface area contributed by atoms with Gasteiger partial charge in [-0.2, -0.15) is 0 Å². The zero-order valence-electron chi connectivity index (χ0n) is 11.0. The third-order valence-corrected chi connectivity index (χ3v) is 2.99. The van der Waals surface area contributed by atoms with Crippen LogP contribution in [0.1, 0.15) is 51.9 Å². The van der Waals surface area contributed by atoms with E-state index in [0.29, 0.717) is 6.42 Å². The summed E-state index contributed by atoms with van der Waals surface area (Å²) in [7, 11) is 0. The number of aliphatic hydroxyl groups excluding tert-OH is 2. The first kappa shape index (κ1) is 17.1. The van der Waals surface area contributed by atoms with Gasteiger partial charge in [-0.05, 0) is 6.42 Å². The number of carboxylic acids is 1. The molecule has 0 saturated heterocycles. The Bertz CT molecular complexity index is 252. The number of hydrogen-bond donors (Lipinski definition) is 3. The molecule has 0 radical (unpaired) electrons. The molecule has 0 aromatic carbocycles. The van der Waals surface area contributed by atoms with E-state index in [9.17, 15) is 9.59 Å². The van der Waals surface area contributed by atoms with Crippen molar-refractivity contribution in [2.24, 2.45) is 5.92 Å². The summed E-state index contributed by atoms with van der Waals surface area (Å²) in [5.74, 6) is -3.21. The number of carbonyl (C=O) groups excluding carboxylic acids is 1. The van der Waals surface area contributed by atoms with Crippen LogP contribution >= 0.6 is 0 Å². The largest absolute Gasteiger partial charge is 0.481 e. The van der Waals surface area contributed by atoms with E-state index >= 15 is 0 Å². The fourth-order valence-corrected chi connectivity index (χ4v) is 1.84. The van der Waals surface area contributed by atoms with Crippen molar-refractivity contribution in [1.82, 2.24) is 0 Å². The Morgan fingerprint density at radius 3 is 2.11 bits per heavy atom. The van der Waals surface area contributed by atoms with Gasteiger partial charge in [0.25, 0.3) is 0 Å².